The Morgan fingerprint density at radius 2 is 1.88 bits per heavy atom. The van der Waals surface area contributed by atoms with Crippen molar-refractivity contribution in [2.24, 2.45) is 11.8 Å². The minimum absolute atomic E-state index is 0.00949. The summed E-state index contributed by atoms with van der Waals surface area (Å²) in [6, 6.07) is 1.91. The number of sulfone groups is 1. The first kappa shape index (κ1) is 15.9. The van der Waals surface area contributed by atoms with E-state index in [1.54, 1.807) is 27.7 Å². The van der Waals surface area contributed by atoms with Gasteiger partial charge >= 0.3 is 0 Å². The van der Waals surface area contributed by atoms with Gasteiger partial charge in [-0.25, -0.2) is 8.42 Å². The standard InChI is InChI=1S/C11H20N2O3S/c1-8(2)9(6-12)10(14)13-7-11(3,4)17(5,15)16/h8-9H,7H2,1-5H3,(H,13,14). The molecular weight excluding hydrogens is 240 g/mol. The molecule has 1 N–H and O–H groups in total. The van der Waals surface area contributed by atoms with Gasteiger partial charge in [-0.1, -0.05) is 13.8 Å². The fourth-order valence-electron chi connectivity index (χ4n) is 1.05. The molecule has 0 aromatic heterocycles. The summed E-state index contributed by atoms with van der Waals surface area (Å²) in [5.74, 6) is -1.26. The van der Waals surface area contributed by atoms with Crippen molar-refractivity contribution in [3.05, 3.63) is 0 Å². The summed E-state index contributed by atoms with van der Waals surface area (Å²) >= 11 is 0. The second-order valence-electron chi connectivity index (χ2n) is 5.10. The van der Waals surface area contributed by atoms with E-state index in [4.69, 9.17) is 5.26 Å². The van der Waals surface area contributed by atoms with Crippen LogP contribution in [-0.4, -0.2) is 31.9 Å². The second-order valence-corrected chi connectivity index (χ2v) is 7.75. The lowest BCUT2D eigenvalue weighted by Crippen LogP contribution is -2.45. The van der Waals surface area contributed by atoms with Crippen LogP contribution in [0.25, 0.3) is 0 Å². The maximum absolute atomic E-state index is 11.7. The molecular formula is C11H20N2O3S. The van der Waals surface area contributed by atoms with Gasteiger partial charge < -0.3 is 5.32 Å². The van der Waals surface area contributed by atoms with Crippen molar-refractivity contribution < 1.29 is 13.2 Å². The molecule has 6 heteroatoms. The van der Waals surface area contributed by atoms with Crippen molar-refractivity contribution in [3.8, 4) is 6.07 Å². The van der Waals surface area contributed by atoms with E-state index in [2.05, 4.69) is 5.32 Å². The minimum atomic E-state index is -3.25. The molecule has 0 rings (SSSR count). The topological polar surface area (TPSA) is 87.0 Å². The summed E-state index contributed by atoms with van der Waals surface area (Å²) in [4.78, 5) is 11.7. The monoisotopic (exact) mass is 260 g/mol. The van der Waals surface area contributed by atoms with Crippen molar-refractivity contribution in [2.45, 2.75) is 32.4 Å². The molecule has 5 nitrogen and oxygen atoms in total. The molecule has 17 heavy (non-hydrogen) atoms. The zero-order valence-electron chi connectivity index (χ0n) is 10.9. The summed E-state index contributed by atoms with van der Waals surface area (Å²) in [7, 11) is -3.25. The Labute approximate surface area is 103 Å². The lowest BCUT2D eigenvalue weighted by molar-refractivity contribution is -0.124. The molecule has 0 spiro atoms. The third-order valence-electron chi connectivity index (χ3n) is 2.78. The Morgan fingerprint density at radius 3 is 2.18 bits per heavy atom. The molecule has 0 saturated heterocycles. The zero-order valence-corrected chi connectivity index (χ0v) is 11.8. The highest BCUT2D eigenvalue weighted by Crippen LogP contribution is 2.15. The molecule has 1 unspecified atom stereocenters. The molecule has 0 heterocycles. The number of nitrogens with zero attached hydrogens (tertiary/aromatic N) is 1. The lowest BCUT2D eigenvalue weighted by Gasteiger charge is -2.24. The van der Waals surface area contributed by atoms with Gasteiger partial charge in [-0.3, -0.25) is 4.79 Å². The first-order valence-corrected chi connectivity index (χ1v) is 7.29. The van der Waals surface area contributed by atoms with Crippen LogP contribution in [0, 0.1) is 23.2 Å². The van der Waals surface area contributed by atoms with E-state index < -0.39 is 26.4 Å². The van der Waals surface area contributed by atoms with Gasteiger partial charge in [-0.15, -0.1) is 0 Å². The first-order chi connectivity index (χ1) is 7.53. The quantitative estimate of drug-likeness (QED) is 0.789. The van der Waals surface area contributed by atoms with Gasteiger partial charge in [0.15, 0.2) is 9.84 Å². The molecule has 1 amide bonds. The molecule has 0 aromatic rings. The van der Waals surface area contributed by atoms with E-state index in [-0.39, 0.29) is 12.5 Å². The maximum atomic E-state index is 11.7. The van der Waals surface area contributed by atoms with Crippen LogP contribution >= 0.6 is 0 Å². The Kier molecular flexibility index (Phi) is 5.14. The van der Waals surface area contributed by atoms with Gasteiger partial charge in [0.1, 0.15) is 5.92 Å². The second kappa shape index (κ2) is 5.50. The van der Waals surface area contributed by atoms with Gasteiger partial charge in [0.2, 0.25) is 5.91 Å². The van der Waals surface area contributed by atoms with Crippen LogP contribution in [0.4, 0.5) is 0 Å². The average molecular weight is 260 g/mol. The molecule has 98 valence electrons. The van der Waals surface area contributed by atoms with Crippen molar-refractivity contribution in [1.82, 2.24) is 5.32 Å². The summed E-state index contributed by atoms with van der Waals surface area (Å²) in [6.07, 6.45) is 1.13. The van der Waals surface area contributed by atoms with E-state index in [0.717, 1.165) is 6.26 Å². The minimum Gasteiger partial charge on any atom is -0.353 e. The molecule has 0 fully saturated rings. The van der Waals surface area contributed by atoms with Crippen LogP contribution < -0.4 is 5.32 Å². The molecule has 1 atom stereocenters. The molecule has 0 bridgehead atoms. The first-order valence-electron chi connectivity index (χ1n) is 5.40. The Morgan fingerprint density at radius 1 is 1.41 bits per heavy atom. The summed E-state index contributed by atoms with van der Waals surface area (Å²) in [5.41, 5.74) is 0. The summed E-state index contributed by atoms with van der Waals surface area (Å²) < 4.78 is 21.8. The Hall–Kier alpha value is -1.09. The summed E-state index contributed by atoms with van der Waals surface area (Å²) in [6.45, 7) is 6.64. The zero-order chi connectivity index (χ0) is 13.9. The highest BCUT2D eigenvalue weighted by Gasteiger charge is 2.32. The normalized spacial score (nSPS) is 14.2. The number of amides is 1. The highest BCUT2D eigenvalue weighted by molar-refractivity contribution is 7.92. The van der Waals surface area contributed by atoms with E-state index in [9.17, 15) is 13.2 Å². The van der Waals surface area contributed by atoms with Crippen LogP contribution in [-0.2, 0) is 14.6 Å². The number of carbonyl (C=O) groups excluding carboxylic acids is 1. The molecule has 0 aliphatic rings. The van der Waals surface area contributed by atoms with Crippen molar-refractivity contribution >= 4 is 15.7 Å². The molecule has 0 aliphatic heterocycles. The molecule has 0 aliphatic carbocycles. The number of nitriles is 1. The highest BCUT2D eigenvalue weighted by atomic mass is 32.2. The number of carbonyl (C=O) groups is 1. The molecule has 0 saturated carbocycles. The Bertz CT molecular complexity index is 418. The third kappa shape index (κ3) is 4.35. The molecule has 0 aromatic carbocycles. The lowest BCUT2D eigenvalue weighted by atomic mass is 9.96. The van der Waals surface area contributed by atoms with Crippen LogP contribution in [0.5, 0.6) is 0 Å². The number of rotatable bonds is 5. The van der Waals surface area contributed by atoms with Crippen molar-refractivity contribution in [2.75, 3.05) is 12.8 Å². The Balaban J connectivity index is 4.61. The fourth-order valence-corrected chi connectivity index (χ4v) is 1.39. The van der Waals surface area contributed by atoms with Crippen LogP contribution in [0.1, 0.15) is 27.7 Å². The van der Waals surface area contributed by atoms with Gasteiger partial charge in [0, 0.05) is 12.8 Å². The van der Waals surface area contributed by atoms with Gasteiger partial charge in [-0.05, 0) is 19.8 Å². The van der Waals surface area contributed by atoms with Crippen LogP contribution in [0.15, 0.2) is 0 Å². The maximum Gasteiger partial charge on any atom is 0.237 e. The summed E-state index contributed by atoms with van der Waals surface area (Å²) in [5, 5.41) is 11.3. The SMILES string of the molecule is CC(C)C(C#N)C(=O)NCC(C)(C)S(C)(=O)=O. The number of hydrogen-bond donors (Lipinski definition) is 1. The average Bonchev–Trinajstić information content (AvgIpc) is 2.13. The van der Waals surface area contributed by atoms with E-state index in [1.165, 1.54) is 0 Å². The third-order valence-corrected chi connectivity index (χ3v) is 4.93. The van der Waals surface area contributed by atoms with E-state index >= 15 is 0 Å². The van der Waals surface area contributed by atoms with E-state index in [0.29, 0.717) is 0 Å². The smallest absolute Gasteiger partial charge is 0.237 e. The van der Waals surface area contributed by atoms with Crippen molar-refractivity contribution in [3.63, 3.8) is 0 Å². The largest absolute Gasteiger partial charge is 0.353 e. The predicted octanol–water partition coefficient (Wildman–Crippen LogP) is 0.722. The van der Waals surface area contributed by atoms with Gasteiger partial charge in [-0.2, -0.15) is 5.26 Å². The van der Waals surface area contributed by atoms with Crippen LogP contribution in [0.2, 0.25) is 0 Å². The van der Waals surface area contributed by atoms with Gasteiger partial charge in [0.25, 0.3) is 0 Å². The predicted molar refractivity (Wildman–Crippen MR) is 65.9 cm³/mol. The van der Waals surface area contributed by atoms with Crippen molar-refractivity contribution in [1.29, 1.82) is 5.26 Å². The number of nitrogens with one attached hydrogen (secondary N) is 1. The van der Waals surface area contributed by atoms with Gasteiger partial charge in [0.05, 0.1) is 10.8 Å². The number of hydrogen-bond acceptors (Lipinski definition) is 4. The molecule has 0 radical (unpaired) electrons. The fraction of sp³-hybridized carbons (Fsp3) is 0.818. The van der Waals surface area contributed by atoms with Crippen LogP contribution in [0.3, 0.4) is 0 Å². The van der Waals surface area contributed by atoms with E-state index in [1.807, 2.05) is 6.07 Å².